The van der Waals surface area contributed by atoms with E-state index < -0.39 is 17.6 Å². The van der Waals surface area contributed by atoms with Gasteiger partial charge in [-0.25, -0.2) is 9.59 Å². The van der Waals surface area contributed by atoms with Crippen LogP contribution in [0.4, 0.5) is 4.79 Å². The molecule has 1 atom stereocenters. The number of nitrogens with one attached hydrogen (secondary N) is 1. The number of fused-ring (bicyclic) bond motifs is 1. The van der Waals surface area contributed by atoms with E-state index in [9.17, 15) is 19.2 Å². The fourth-order valence-electron chi connectivity index (χ4n) is 4.97. The lowest BCUT2D eigenvalue weighted by Crippen LogP contribution is -2.46. The number of benzene rings is 1. The molecule has 0 bridgehead atoms. The highest BCUT2D eigenvalue weighted by atomic mass is 16.6. The second-order valence-corrected chi connectivity index (χ2v) is 10.6. The largest absolute Gasteiger partial charge is 0.444 e. The molecule has 0 saturated carbocycles. The van der Waals surface area contributed by atoms with Crippen LogP contribution in [0.3, 0.4) is 0 Å². The lowest BCUT2D eigenvalue weighted by atomic mass is 10.0. The highest BCUT2D eigenvalue weighted by molar-refractivity contribution is 6.00. The van der Waals surface area contributed by atoms with Gasteiger partial charge in [0.15, 0.2) is 0 Å². The highest BCUT2D eigenvalue weighted by Gasteiger charge is 2.32. The average Bonchev–Trinajstić information content (AvgIpc) is 3.03. The Morgan fingerprint density at radius 2 is 1.80 bits per heavy atom. The summed E-state index contributed by atoms with van der Waals surface area (Å²) < 4.78 is 8.54. The van der Waals surface area contributed by atoms with Crippen LogP contribution in [-0.2, 0) is 27.9 Å². The van der Waals surface area contributed by atoms with Crippen LogP contribution in [0.1, 0.15) is 58.1 Å². The quantitative estimate of drug-likeness (QED) is 0.666. The van der Waals surface area contributed by atoms with Crippen molar-refractivity contribution in [2.45, 2.75) is 70.7 Å². The third-order valence-corrected chi connectivity index (χ3v) is 6.85. The SMILES string of the molecule is CN(Cc1ccc2c(c1)n(C)c(=O)n2C1CCC(=O)NC1=O)C1CCN(C(=O)OC(C)(C)C)CC1. The summed E-state index contributed by atoms with van der Waals surface area (Å²) in [4.78, 5) is 53.3. The van der Waals surface area contributed by atoms with Crippen LogP contribution in [-0.4, -0.2) is 68.6 Å². The third-order valence-electron chi connectivity index (χ3n) is 6.85. The van der Waals surface area contributed by atoms with Gasteiger partial charge < -0.3 is 9.64 Å². The normalized spacial score (nSPS) is 19.9. The molecule has 1 N–H and O–H groups in total. The van der Waals surface area contributed by atoms with Gasteiger partial charge in [0.05, 0.1) is 11.0 Å². The van der Waals surface area contributed by atoms with Crippen LogP contribution < -0.4 is 11.0 Å². The first-order valence-electron chi connectivity index (χ1n) is 12.2. The Morgan fingerprint density at radius 1 is 1.11 bits per heavy atom. The Hall–Kier alpha value is -3.14. The topological polar surface area (TPSA) is 106 Å². The zero-order chi connectivity index (χ0) is 25.5. The molecule has 2 fully saturated rings. The summed E-state index contributed by atoms with van der Waals surface area (Å²) in [6.45, 7) is 7.63. The van der Waals surface area contributed by atoms with E-state index >= 15 is 0 Å². The monoisotopic (exact) mass is 485 g/mol. The van der Waals surface area contributed by atoms with E-state index in [2.05, 4.69) is 17.3 Å². The number of nitrogens with zero attached hydrogens (tertiary/aromatic N) is 4. The summed E-state index contributed by atoms with van der Waals surface area (Å²) in [5.41, 5.74) is 1.73. The number of rotatable bonds is 4. The molecule has 0 radical (unpaired) electrons. The summed E-state index contributed by atoms with van der Waals surface area (Å²) in [5.74, 6) is -0.737. The van der Waals surface area contributed by atoms with Gasteiger partial charge in [-0.2, -0.15) is 0 Å². The number of carbonyl (C=O) groups excluding carboxylic acids is 3. The van der Waals surface area contributed by atoms with E-state index in [-0.39, 0.29) is 24.1 Å². The number of carbonyl (C=O) groups is 3. The van der Waals surface area contributed by atoms with Crippen molar-refractivity contribution in [3.05, 3.63) is 34.2 Å². The number of aryl methyl sites for hydroxylation is 1. The molecule has 0 aliphatic carbocycles. The second-order valence-electron chi connectivity index (χ2n) is 10.6. The van der Waals surface area contributed by atoms with E-state index in [1.807, 2.05) is 39.0 Å². The van der Waals surface area contributed by atoms with Crippen molar-refractivity contribution in [1.29, 1.82) is 0 Å². The average molecular weight is 486 g/mol. The number of imidazole rings is 1. The van der Waals surface area contributed by atoms with Gasteiger partial charge in [0.25, 0.3) is 0 Å². The minimum Gasteiger partial charge on any atom is -0.444 e. The van der Waals surface area contributed by atoms with E-state index in [4.69, 9.17) is 4.74 Å². The molecule has 190 valence electrons. The van der Waals surface area contributed by atoms with E-state index in [1.165, 1.54) is 4.57 Å². The van der Waals surface area contributed by atoms with Crippen LogP contribution in [0.2, 0.25) is 0 Å². The number of piperidine rings is 2. The van der Waals surface area contributed by atoms with E-state index in [1.54, 1.807) is 16.5 Å². The number of amides is 3. The number of hydrogen-bond donors (Lipinski definition) is 1. The maximum absolute atomic E-state index is 13.0. The molecule has 35 heavy (non-hydrogen) atoms. The van der Waals surface area contributed by atoms with Gasteiger partial charge in [-0.1, -0.05) is 6.07 Å². The molecule has 4 rings (SSSR count). The van der Waals surface area contributed by atoms with E-state index in [0.717, 1.165) is 23.9 Å². The maximum atomic E-state index is 13.0. The Balaban J connectivity index is 1.45. The molecule has 1 unspecified atom stereocenters. The number of imide groups is 1. The first-order chi connectivity index (χ1) is 16.4. The molecule has 10 nitrogen and oxygen atoms in total. The molecular weight excluding hydrogens is 450 g/mol. The van der Waals surface area contributed by atoms with Crippen molar-refractivity contribution in [2.75, 3.05) is 20.1 Å². The summed E-state index contributed by atoms with van der Waals surface area (Å²) in [5, 5.41) is 2.34. The number of aromatic nitrogens is 2. The van der Waals surface area contributed by atoms with Crippen molar-refractivity contribution >= 4 is 28.9 Å². The molecule has 3 heterocycles. The Labute approximate surface area is 204 Å². The van der Waals surface area contributed by atoms with Crippen molar-refractivity contribution in [1.82, 2.24) is 24.3 Å². The second kappa shape index (κ2) is 9.49. The van der Waals surface area contributed by atoms with Gasteiger partial charge in [0.1, 0.15) is 11.6 Å². The van der Waals surface area contributed by atoms with Crippen LogP contribution in [0.5, 0.6) is 0 Å². The molecule has 10 heteroatoms. The molecule has 2 aromatic rings. The van der Waals surface area contributed by atoms with Gasteiger partial charge in [-0.3, -0.25) is 28.9 Å². The lowest BCUT2D eigenvalue weighted by molar-refractivity contribution is -0.135. The minimum absolute atomic E-state index is 0.217. The molecule has 3 amide bonds. The number of likely N-dealkylation sites (tertiary alicyclic amines) is 1. The summed E-state index contributed by atoms with van der Waals surface area (Å²) in [6.07, 6.45) is 2.00. The fourth-order valence-corrected chi connectivity index (χ4v) is 4.97. The zero-order valence-corrected chi connectivity index (χ0v) is 21.2. The first-order valence-corrected chi connectivity index (χ1v) is 12.2. The van der Waals surface area contributed by atoms with Gasteiger partial charge in [0, 0.05) is 39.1 Å². The Bertz CT molecular complexity index is 1200. The summed E-state index contributed by atoms with van der Waals surface area (Å²) in [7, 11) is 3.78. The van der Waals surface area contributed by atoms with Gasteiger partial charge >= 0.3 is 11.8 Å². The van der Waals surface area contributed by atoms with Gasteiger partial charge in [-0.15, -0.1) is 0 Å². The predicted octanol–water partition coefficient (Wildman–Crippen LogP) is 2.15. The van der Waals surface area contributed by atoms with E-state index in [0.29, 0.717) is 37.6 Å². The maximum Gasteiger partial charge on any atom is 0.410 e. The first kappa shape index (κ1) is 25.0. The predicted molar refractivity (Wildman–Crippen MR) is 131 cm³/mol. The number of hydrogen-bond acceptors (Lipinski definition) is 6. The molecule has 0 spiro atoms. The van der Waals surface area contributed by atoms with Crippen LogP contribution in [0.25, 0.3) is 11.0 Å². The number of ether oxygens (including phenoxy) is 1. The van der Waals surface area contributed by atoms with Crippen LogP contribution >= 0.6 is 0 Å². The summed E-state index contributed by atoms with van der Waals surface area (Å²) in [6, 6.07) is 5.50. The standard InChI is InChI=1S/C25H35N5O5/c1-25(2,3)35-24(34)29-12-10-17(11-13-29)27(4)15-16-6-7-18-20(14-16)28(5)23(33)30(18)19-8-9-21(31)26-22(19)32/h6-7,14,17,19H,8-13,15H2,1-5H3,(H,26,31,32). The minimum atomic E-state index is -0.687. The van der Waals surface area contributed by atoms with Crippen molar-refractivity contribution in [2.24, 2.45) is 7.05 Å². The lowest BCUT2D eigenvalue weighted by Gasteiger charge is -2.37. The van der Waals surface area contributed by atoms with Crippen molar-refractivity contribution in [3.63, 3.8) is 0 Å². The van der Waals surface area contributed by atoms with Gasteiger partial charge in [-0.05, 0) is 64.8 Å². The highest BCUT2D eigenvalue weighted by Crippen LogP contribution is 2.25. The molecule has 1 aromatic heterocycles. The van der Waals surface area contributed by atoms with Crippen LogP contribution in [0, 0.1) is 0 Å². The molecular formula is C25H35N5O5. The Morgan fingerprint density at radius 3 is 2.43 bits per heavy atom. The third kappa shape index (κ3) is 5.27. The molecule has 2 aliphatic rings. The zero-order valence-electron chi connectivity index (χ0n) is 21.2. The smallest absolute Gasteiger partial charge is 0.410 e. The molecule has 1 aromatic carbocycles. The molecule has 2 saturated heterocycles. The Kier molecular flexibility index (Phi) is 6.77. The summed E-state index contributed by atoms with van der Waals surface area (Å²) >= 11 is 0. The van der Waals surface area contributed by atoms with Gasteiger partial charge in [0.2, 0.25) is 11.8 Å². The molecule has 2 aliphatic heterocycles. The fraction of sp³-hybridized carbons (Fsp3) is 0.600. The van der Waals surface area contributed by atoms with Crippen molar-refractivity contribution in [3.8, 4) is 0 Å². The van der Waals surface area contributed by atoms with Crippen LogP contribution in [0.15, 0.2) is 23.0 Å². The van der Waals surface area contributed by atoms with Crippen molar-refractivity contribution < 1.29 is 19.1 Å².